The Morgan fingerprint density at radius 3 is 2.89 bits per heavy atom. The Hall–Kier alpha value is -0.960. The first-order valence-electron chi connectivity index (χ1n) is 5.60. The summed E-state index contributed by atoms with van der Waals surface area (Å²) in [6.07, 6.45) is 2.04. The van der Waals surface area contributed by atoms with Crippen LogP contribution in [0.25, 0.3) is 0 Å². The van der Waals surface area contributed by atoms with Crippen molar-refractivity contribution in [2.75, 3.05) is 19.3 Å². The van der Waals surface area contributed by atoms with Gasteiger partial charge in [0.15, 0.2) is 0 Å². The Bertz CT molecular complexity index is 469. The van der Waals surface area contributed by atoms with E-state index < -0.39 is 0 Å². The summed E-state index contributed by atoms with van der Waals surface area (Å²) >= 11 is 3.12. The minimum Gasteiger partial charge on any atom is -0.350 e. The number of carbonyl (C=O) groups is 1. The molecule has 98 valence electrons. The number of rotatable bonds is 4. The van der Waals surface area contributed by atoms with Crippen molar-refractivity contribution in [3.05, 3.63) is 21.9 Å². The van der Waals surface area contributed by atoms with E-state index in [4.69, 9.17) is 5.73 Å². The summed E-state index contributed by atoms with van der Waals surface area (Å²) in [5, 5.41) is 2.94. The molecular weight excluding hydrogens is 264 g/mol. The largest absolute Gasteiger partial charge is 0.350 e. The van der Waals surface area contributed by atoms with Gasteiger partial charge in [-0.1, -0.05) is 11.8 Å². The highest BCUT2D eigenvalue weighted by molar-refractivity contribution is 7.99. The van der Waals surface area contributed by atoms with Crippen molar-refractivity contribution in [2.45, 2.75) is 18.6 Å². The summed E-state index contributed by atoms with van der Waals surface area (Å²) in [7, 11) is 0. The number of nitrogens with one attached hydrogen (secondary N) is 1. The lowest BCUT2D eigenvalue weighted by atomic mass is 10.2. The molecule has 0 unspecified atom stereocenters. The standard InChI is InChI=1S/C13H18N2OS2/c1-13(2,17-3)9-15-12(16)11-7-6-10(18-11)5-4-8-14/h6-7H,8-9,14H2,1-3H3,(H,15,16). The average molecular weight is 282 g/mol. The van der Waals surface area contributed by atoms with Gasteiger partial charge >= 0.3 is 0 Å². The van der Waals surface area contributed by atoms with Crippen molar-refractivity contribution < 1.29 is 4.79 Å². The maximum absolute atomic E-state index is 11.9. The normalized spacial score (nSPS) is 10.7. The van der Waals surface area contributed by atoms with Crippen LogP contribution in [0.4, 0.5) is 0 Å². The van der Waals surface area contributed by atoms with Crippen molar-refractivity contribution in [3.63, 3.8) is 0 Å². The monoisotopic (exact) mass is 282 g/mol. The maximum Gasteiger partial charge on any atom is 0.261 e. The van der Waals surface area contributed by atoms with E-state index in [0.29, 0.717) is 18.0 Å². The van der Waals surface area contributed by atoms with E-state index in [0.717, 1.165) is 4.88 Å². The third kappa shape index (κ3) is 4.73. The van der Waals surface area contributed by atoms with Crippen molar-refractivity contribution >= 4 is 29.0 Å². The highest BCUT2D eigenvalue weighted by Gasteiger charge is 2.18. The zero-order valence-corrected chi connectivity index (χ0v) is 12.5. The Morgan fingerprint density at radius 1 is 1.56 bits per heavy atom. The first-order valence-corrected chi connectivity index (χ1v) is 7.65. The van der Waals surface area contributed by atoms with Gasteiger partial charge in [-0.2, -0.15) is 11.8 Å². The Kier molecular flexibility index (Phi) is 5.73. The number of thiophene rings is 1. The zero-order chi connectivity index (χ0) is 13.6. The van der Waals surface area contributed by atoms with Crippen molar-refractivity contribution in [3.8, 4) is 11.8 Å². The molecular formula is C13H18N2OS2. The molecule has 0 saturated heterocycles. The maximum atomic E-state index is 11.9. The summed E-state index contributed by atoms with van der Waals surface area (Å²) in [4.78, 5) is 13.5. The minimum absolute atomic E-state index is 0.0390. The number of hydrogen-bond acceptors (Lipinski definition) is 4. The second-order valence-corrected chi connectivity index (χ2v) is 6.91. The second kappa shape index (κ2) is 6.83. The molecule has 0 atom stereocenters. The van der Waals surface area contributed by atoms with Crippen LogP contribution in [-0.4, -0.2) is 30.0 Å². The van der Waals surface area contributed by atoms with Gasteiger partial charge in [-0.15, -0.1) is 11.3 Å². The van der Waals surface area contributed by atoms with Gasteiger partial charge in [0.25, 0.3) is 5.91 Å². The molecule has 0 aliphatic carbocycles. The molecule has 0 spiro atoms. The topological polar surface area (TPSA) is 55.1 Å². The average Bonchev–Trinajstić information content (AvgIpc) is 2.82. The van der Waals surface area contributed by atoms with Gasteiger partial charge in [-0.25, -0.2) is 0 Å². The van der Waals surface area contributed by atoms with E-state index in [9.17, 15) is 4.79 Å². The first-order chi connectivity index (χ1) is 8.48. The molecule has 5 heteroatoms. The van der Waals surface area contributed by atoms with Gasteiger partial charge < -0.3 is 11.1 Å². The molecule has 0 aromatic carbocycles. The molecule has 18 heavy (non-hydrogen) atoms. The van der Waals surface area contributed by atoms with Crippen LogP contribution in [0.15, 0.2) is 12.1 Å². The van der Waals surface area contributed by atoms with Gasteiger partial charge in [0.05, 0.1) is 16.3 Å². The van der Waals surface area contributed by atoms with Gasteiger partial charge in [0.1, 0.15) is 0 Å². The van der Waals surface area contributed by atoms with Gasteiger partial charge in [-0.3, -0.25) is 4.79 Å². The Morgan fingerprint density at radius 2 is 2.28 bits per heavy atom. The van der Waals surface area contributed by atoms with E-state index in [1.807, 2.05) is 12.3 Å². The van der Waals surface area contributed by atoms with Crippen LogP contribution in [0.1, 0.15) is 28.4 Å². The summed E-state index contributed by atoms with van der Waals surface area (Å²) in [6.45, 7) is 5.19. The van der Waals surface area contributed by atoms with E-state index in [-0.39, 0.29) is 10.7 Å². The summed E-state index contributed by atoms with van der Waals surface area (Å²) < 4.78 is 0.0507. The van der Waals surface area contributed by atoms with Crippen molar-refractivity contribution in [2.24, 2.45) is 5.73 Å². The SMILES string of the molecule is CSC(C)(C)CNC(=O)c1ccc(C#CCN)s1. The zero-order valence-electron chi connectivity index (χ0n) is 10.9. The molecule has 1 rings (SSSR count). The molecule has 0 radical (unpaired) electrons. The predicted octanol–water partition coefficient (Wildman–Crippen LogP) is 1.93. The van der Waals surface area contributed by atoms with E-state index >= 15 is 0 Å². The Labute approximate surface area is 117 Å². The molecule has 0 aliphatic rings. The lowest BCUT2D eigenvalue weighted by molar-refractivity contribution is 0.0955. The molecule has 3 N–H and O–H groups in total. The Balaban J connectivity index is 2.60. The molecule has 1 heterocycles. The van der Waals surface area contributed by atoms with Crippen LogP contribution >= 0.6 is 23.1 Å². The first kappa shape index (κ1) is 15.1. The molecule has 1 aromatic heterocycles. The minimum atomic E-state index is -0.0390. The van der Waals surface area contributed by atoms with Crippen LogP contribution in [0, 0.1) is 11.8 Å². The highest BCUT2D eigenvalue weighted by atomic mass is 32.2. The smallest absolute Gasteiger partial charge is 0.261 e. The number of thioether (sulfide) groups is 1. The molecule has 0 aliphatic heterocycles. The summed E-state index contributed by atoms with van der Waals surface area (Å²) in [5.74, 6) is 5.66. The molecule has 1 amide bonds. The van der Waals surface area contributed by atoms with Gasteiger partial charge in [0.2, 0.25) is 0 Å². The van der Waals surface area contributed by atoms with Gasteiger partial charge in [0, 0.05) is 11.3 Å². The molecule has 0 saturated carbocycles. The fourth-order valence-corrected chi connectivity index (χ4v) is 2.13. The van der Waals surface area contributed by atoms with Crippen molar-refractivity contribution in [1.82, 2.24) is 5.32 Å². The number of amides is 1. The summed E-state index contributed by atoms with van der Waals surface area (Å²) in [6, 6.07) is 3.65. The van der Waals surface area contributed by atoms with Crippen molar-refractivity contribution in [1.29, 1.82) is 0 Å². The highest BCUT2D eigenvalue weighted by Crippen LogP contribution is 2.20. The van der Waals surface area contributed by atoms with E-state index in [2.05, 4.69) is 31.0 Å². The summed E-state index contributed by atoms with van der Waals surface area (Å²) in [5.41, 5.74) is 5.30. The van der Waals surface area contributed by atoms with Crippen LogP contribution in [0.5, 0.6) is 0 Å². The number of carbonyl (C=O) groups excluding carboxylic acids is 1. The lowest BCUT2D eigenvalue weighted by Gasteiger charge is -2.21. The number of nitrogens with two attached hydrogens (primary N) is 1. The number of hydrogen-bond donors (Lipinski definition) is 2. The van der Waals surface area contributed by atoms with Crippen LogP contribution in [-0.2, 0) is 0 Å². The fourth-order valence-electron chi connectivity index (χ4n) is 1.12. The third-order valence-electron chi connectivity index (χ3n) is 2.37. The second-order valence-electron chi connectivity index (χ2n) is 4.32. The van der Waals surface area contributed by atoms with E-state index in [1.54, 1.807) is 17.8 Å². The van der Waals surface area contributed by atoms with Crippen LogP contribution in [0.3, 0.4) is 0 Å². The quantitative estimate of drug-likeness (QED) is 0.830. The molecule has 0 bridgehead atoms. The van der Waals surface area contributed by atoms with Crippen LogP contribution < -0.4 is 11.1 Å². The molecule has 0 fully saturated rings. The van der Waals surface area contributed by atoms with Crippen LogP contribution in [0.2, 0.25) is 0 Å². The lowest BCUT2D eigenvalue weighted by Crippen LogP contribution is -2.35. The molecule has 1 aromatic rings. The predicted molar refractivity (Wildman–Crippen MR) is 80.2 cm³/mol. The van der Waals surface area contributed by atoms with Gasteiger partial charge in [-0.05, 0) is 32.2 Å². The molecule has 3 nitrogen and oxygen atoms in total. The third-order valence-corrected chi connectivity index (χ3v) is 4.62. The van der Waals surface area contributed by atoms with E-state index in [1.165, 1.54) is 11.3 Å². The fraction of sp³-hybridized carbons (Fsp3) is 0.462.